The zero-order valence-corrected chi connectivity index (χ0v) is 15.4. The van der Waals surface area contributed by atoms with Crippen LogP contribution in [0.25, 0.3) is 0 Å². The van der Waals surface area contributed by atoms with E-state index >= 15 is 0 Å². The summed E-state index contributed by atoms with van der Waals surface area (Å²) in [5.41, 5.74) is 0.331. The first-order valence-corrected chi connectivity index (χ1v) is 10.1. The summed E-state index contributed by atoms with van der Waals surface area (Å²) in [4.78, 5) is 24.7. The number of thiophene rings is 1. The first-order valence-electron chi connectivity index (χ1n) is 5.87. The Kier molecular flexibility index (Phi) is 5.11. The molecule has 1 aromatic rings. The van der Waals surface area contributed by atoms with Crippen LogP contribution in [0.3, 0.4) is 0 Å². The molecule has 0 aliphatic carbocycles. The Bertz CT molecular complexity index is 685. The van der Waals surface area contributed by atoms with Crippen LogP contribution in [0.1, 0.15) is 16.8 Å². The van der Waals surface area contributed by atoms with Crippen LogP contribution in [0.15, 0.2) is 13.6 Å². The van der Waals surface area contributed by atoms with Crippen molar-refractivity contribution in [2.45, 2.75) is 12.5 Å². The van der Waals surface area contributed by atoms with Gasteiger partial charge in [-0.1, -0.05) is 0 Å². The Morgan fingerprint density at radius 3 is 2.52 bits per heavy atom. The minimum atomic E-state index is -3.20. The molecule has 0 aromatic carbocycles. The number of halogens is 2. The summed E-state index contributed by atoms with van der Waals surface area (Å²) in [5.74, 6) is -1.85. The van der Waals surface area contributed by atoms with E-state index in [2.05, 4.69) is 31.9 Å². The quantitative estimate of drug-likeness (QED) is 0.741. The number of carboxylic acids is 1. The first kappa shape index (κ1) is 16.9. The van der Waals surface area contributed by atoms with Gasteiger partial charge in [0.15, 0.2) is 9.84 Å². The fourth-order valence-corrected chi connectivity index (χ4v) is 6.68. The summed E-state index contributed by atoms with van der Waals surface area (Å²) < 4.78 is 24.4. The van der Waals surface area contributed by atoms with Gasteiger partial charge in [-0.15, -0.1) is 11.3 Å². The van der Waals surface area contributed by atoms with E-state index < -0.39 is 34.3 Å². The molecule has 1 N–H and O–H groups in total. The number of carbonyl (C=O) groups excluding carboxylic acids is 1. The fourth-order valence-electron chi connectivity index (χ4n) is 2.17. The number of amides is 1. The maximum Gasteiger partial charge on any atom is 0.323 e. The molecule has 1 fully saturated rings. The fraction of sp³-hybridized carbons (Fsp3) is 0.455. The van der Waals surface area contributed by atoms with Crippen LogP contribution in [-0.2, 0) is 14.6 Å². The number of nitrogens with zero attached hydrogens (tertiary/aromatic N) is 1. The van der Waals surface area contributed by atoms with Crippen LogP contribution in [0, 0.1) is 0 Å². The number of hydrogen-bond acceptors (Lipinski definition) is 5. The highest BCUT2D eigenvalue weighted by Gasteiger charge is 2.36. The number of hydrogen-bond donors (Lipinski definition) is 1. The van der Waals surface area contributed by atoms with Gasteiger partial charge in [-0.05, 0) is 44.3 Å². The molecular formula is C11H11Br2NO5S2. The molecular weight excluding hydrogens is 450 g/mol. The zero-order valence-electron chi connectivity index (χ0n) is 10.6. The van der Waals surface area contributed by atoms with Gasteiger partial charge >= 0.3 is 5.97 Å². The van der Waals surface area contributed by atoms with Gasteiger partial charge in [-0.25, -0.2) is 8.42 Å². The van der Waals surface area contributed by atoms with E-state index in [-0.39, 0.29) is 17.9 Å². The summed E-state index contributed by atoms with van der Waals surface area (Å²) in [6.07, 6.45) is 0.268. The average molecular weight is 461 g/mol. The lowest BCUT2D eigenvalue weighted by Crippen LogP contribution is -2.44. The van der Waals surface area contributed by atoms with Gasteiger partial charge in [0, 0.05) is 6.04 Å². The minimum absolute atomic E-state index is 0.0183. The molecule has 0 spiro atoms. The third kappa shape index (κ3) is 4.05. The molecule has 1 aliphatic rings. The Hall–Kier alpha value is -0.450. The molecule has 1 amide bonds. The van der Waals surface area contributed by atoms with E-state index in [0.717, 1.165) is 8.69 Å². The van der Waals surface area contributed by atoms with E-state index in [1.54, 1.807) is 6.07 Å². The van der Waals surface area contributed by atoms with Crippen molar-refractivity contribution < 1.29 is 23.1 Å². The van der Waals surface area contributed by atoms with Gasteiger partial charge in [0.25, 0.3) is 5.91 Å². The summed E-state index contributed by atoms with van der Waals surface area (Å²) in [5, 5.41) is 8.98. The van der Waals surface area contributed by atoms with Crippen molar-refractivity contribution in [2.75, 3.05) is 18.1 Å². The molecule has 1 atom stereocenters. The molecule has 6 nitrogen and oxygen atoms in total. The summed E-state index contributed by atoms with van der Waals surface area (Å²) in [6, 6.07) is 0.999. The Balaban J connectivity index is 2.30. The molecule has 1 unspecified atom stereocenters. The highest BCUT2D eigenvalue weighted by atomic mass is 79.9. The second-order valence-electron chi connectivity index (χ2n) is 4.62. The number of aliphatic carboxylic acids is 1. The normalized spacial score (nSPS) is 20.4. The topological polar surface area (TPSA) is 91.8 Å². The lowest BCUT2D eigenvalue weighted by atomic mass is 10.2. The summed E-state index contributed by atoms with van der Waals surface area (Å²) in [7, 11) is -3.20. The standard InChI is InChI=1S/C11H11Br2NO5S2/c12-8-3-7(10(13)20-8)11(17)14(4-9(15)16)6-1-2-21(18,19)5-6/h3,6H,1-2,4-5H2,(H,15,16). The molecule has 1 saturated heterocycles. The van der Waals surface area contributed by atoms with E-state index in [1.807, 2.05) is 0 Å². The third-order valence-corrected chi connectivity index (χ3v) is 7.19. The SMILES string of the molecule is O=C(O)CN(C(=O)c1cc(Br)sc1Br)C1CCS(=O)(=O)C1. The van der Waals surface area contributed by atoms with Gasteiger partial charge in [0.2, 0.25) is 0 Å². The molecule has 0 radical (unpaired) electrons. The van der Waals surface area contributed by atoms with Gasteiger partial charge in [-0.2, -0.15) is 0 Å². The van der Waals surface area contributed by atoms with Gasteiger partial charge in [-0.3, -0.25) is 9.59 Å². The second-order valence-corrected chi connectivity index (χ2v) is 10.6. The number of carbonyl (C=O) groups is 2. The van der Waals surface area contributed by atoms with Crippen LogP contribution < -0.4 is 0 Å². The third-order valence-electron chi connectivity index (χ3n) is 3.10. The highest BCUT2D eigenvalue weighted by Crippen LogP contribution is 2.33. The average Bonchev–Trinajstić information content (AvgIpc) is 2.87. The Morgan fingerprint density at radius 1 is 1.43 bits per heavy atom. The summed E-state index contributed by atoms with van der Waals surface area (Å²) in [6.45, 7) is -0.515. The molecule has 0 saturated carbocycles. The second kappa shape index (κ2) is 6.35. The van der Waals surface area contributed by atoms with Gasteiger partial charge < -0.3 is 10.0 Å². The lowest BCUT2D eigenvalue weighted by molar-refractivity contribution is -0.138. The molecule has 2 rings (SSSR count). The molecule has 0 bridgehead atoms. The predicted octanol–water partition coefficient (Wildman–Crippen LogP) is 1.99. The van der Waals surface area contributed by atoms with Crippen LogP contribution >= 0.6 is 43.2 Å². The van der Waals surface area contributed by atoms with E-state index in [1.165, 1.54) is 11.3 Å². The smallest absolute Gasteiger partial charge is 0.323 e. The van der Waals surface area contributed by atoms with Crippen molar-refractivity contribution in [3.63, 3.8) is 0 Å². The number of rotatable bonds is 4. The molecule has 1 aromatic heterocycles. The van der Waals surface area contributed by atoms with Crippen LogP contribution in [0.2, 0.25) is 0 Å². The maximum absolute atomic E-state index is 12.5. The van der Waals surface area contributed by atoms with Crippen molar-refractivity contribution in [3.05, 3.63) is 19.2 Å². The molecule has 21 heavy (non-hydrogen) atoms. The van der Waals surface area contributed by atoms with Crippen molar-refractivity contribution in [2.24, 2.45) is 0 Å². The minimum Gasteiger partial charge on any atom is -0.480 e. The summed E-state index contributed by atoms with van der Waals surface area (Å²) >= 11 is 7.81. The molecule has 2 heterocycles. The molecule has 116 valence electrons. The van der Waals surface area contributed by atoms with Crippen molar-refractivity contribution in [3.8, 4) is 0 Å². The molecule has 10 heteroatoms. The largest absolute Gasteiger partial charge is 0.480 e. The predicted molar refractivity (Wildman–Crippen MR) is 85.5 cm³/mol. The van der Waals surface area contributed by atoms with E-state index in [0.29, 0.717) is 9.35 Å². The van der Waals surface area contributed by atoms with Crippen LogP contribution in [0.4, 0.5) is 0 Å². The van der Waals surface area contributed by atoms with Gasteiger partial charge in [0.05, 0.1) is 24.6 Å². The molecule has 1 aliphatic heterocycles. The Morgan fingerprint density at radius 2 is 2.10 bits per heavy atom. The van der Waals surface area contributed by atoms with E-state index in [4.69, 9.17) is 5.11 Å². The van der Waals surface area contributed by atoms with Gasteiger partial charge in [0.1, 0.15) is 6.54 Å². The first-order chi connectivity index (χ1) is 9.69. The monoisotopic (exact) mass is 459 g/mol. The lowest BCUT2D eigenvalue weighted by Gasteiger charge is -2.26. The maximum atomic E-state index is 12.5. The van der Waals surface area contributed by atoms with E-state index in [9.17, 15) is 18.0 Å². The highest BCUT2D eigenvalue weighted by molar-refractivity contribution is 9.12. The van der Waals surface area contributed by atoms with Crippen molar-refractivity contribution >= 4 is 64.9 Å². The van der Waals surface area contributed by atoms with Crippen molar-refractivity contribution in [1.82, 2.24) is 4.90 Å². The van der Waals surface area contributed by atoms with Crippen molar-refractivity contribution in [1.29, 1.82) is 0 Å². The van der Waals surface area contributed by atoms with Crippen LogP contribution in [-0.4, -0.2) is 54.4 Å². The zero-order chi connectivity index (χ0) is 15.8. The van der Waals surface area contributed by atoms with Crippen LogP contribution in [0.5, 0.6) is 0 Å². The number of sulfone groups is 1. The Labute approximate surface area is 142 Å². The number of carboxylic acid groups (broad SMARTS) is 1.